The van der Waals surface area contributed by atoms with E-state index < -0.39 is 12.2 Å². The Labute approximate surface area is 338 Å². The highest BCUT2D eigenvalue weighted by molar-refractivity contribution is 5.70. The molecule has 0 spiro atoms. The zero-order chi connectivity index (χ0) is 40.3. The maximum atomic E-state index is 12.5. The van der Waals surface area contributed by atoms with Crippen molar-refractivity contribution in [2.75, 3.05) is 46.0 Å². The summed E-state index contributed by atoms with van der Waals surface area (Å²) >= 11 is 0. The third-order valence-electron chi connectivity index (χ3n) is 9.98. The van der Waals surface area contributed by atoms with E-state index in [1.165, 1.54) is 103 Å². The normalized spacial score (nSPS) is 11.7. The molecule has 0 atom stereocenters. The van der Waals surface area contributed by atoms with Crippen molar-refractivity contribution in [1.29, 1.82) is 0 Å². The van der Waals surface area contributed by atoms with E-state index in [2.05, 4.69) is 43.5 Å². The van der Waals surface area contributed by atoms with Gasteiger partial charge in [0.2, 0.25) is 0 Å². The van der Waals surface area contributed by atoms with Crippen LogP contribution in [0, 0.1) is 0 Å². The molecule has 0 aromatic carbocycles. The van der Waals surface area contributed by atoms with E-state index in [4.69, 9.17) is 14.2 Å². The number of ether oxygens (including phenoxy) is 3. The molecule has 0 aliphatic carbocycles. The molecule has 9 heteroatoms. The summed E-state index contributed by atoms with van der Waals surface area (Å²) in [6.45, 7) is 8.39. The van der Waals surface area contributed by atoms with Gasteiger partial charge in [-0.1, -0.05) is 148 Å². The first kappa shape index (κ1) is 52.6. The van der Waals surface area contributed by atoms with Gasteiger partial charge in [-0.2, -0.15) is 0 Å². The summed E-state index contributed by atoms with van der Waals surface area (Å²) in [6, 6.07) is 0. The van der Waals surface area contributed by atoms with E-state index in [1.54, 1.807) is 0 Å². The summed E-state index contributed by atoms with van der Waals surface area (Å²) in [5.41, 5.74) is 0. The van der Waals surface area contributed by atoms with Crippen LogP contribution >= 0.6 is 0 Å². The minimum Gasteiger partial charge on any atom is -0.462 e. The second-order valence-corrected chi connectivity index (χ2v) is 15.1. The number of esters is 2. The minimum atomic E-state index is -0.893. The molecule has 0 saturated carbocycles. The van der Waals surface area contributed by atoms with E-state index in [0.717, 1.165) is 70.8 Å². The van der Waals surface area contributed by atoms with Crippen LogP contribution in [0.1, 0.15) is 201 Å². The van der Waals surface area contributed by atoms with Gasteiger partial charge in [0.1, 0.15) is 13.2 Å². The van der Waals surface area contributed by atoms with Crippen molar-refractivity contribution in [3.05, 3.63) is 24.3 Å². The Morgan fingerprint density at radius 1 is 0.545 bits per heavy atom. The molecule has 0 aliphatic heterocycles. The number of allylic oxidation sites excluding steroid dienone is 4. The van der Waals surface area contributed by atoms with E-state index in [-0.39, 0.29) is 31.8 Å². The number of carbonyl (C=O) groups is 3. The number of carbonyl (C=O) groups excluding carboxylic acids is 3. The summed E-state index contributed by atoms with van der Waals surface area (Å²) in [7, 11) is 0. The lowest BCUT2D eigenvalue weighted by Gasteiger charge is -2.21. The molecule has 9 nitrogen and oxygen atoms in total. The van der Waals surface area contributed by atoms with Gasteiger partial charge in [0.15, 0.2) is 6.10 Å². The molecule has 0 rings (SSSR count). The molecular weight excluding hydrogens is 693 g/mol. The summed E-state index contributed by atoms with van der Waals surface area (Å²) < 4.78 is 16.4. The zero-order valence-corrected chi connectivity index (χ0v) is 36.0. The van der Waals surface area contributed by atoms with E-state index in [1.807, 2.05) is 11.8 Å². The number of unbranched alkanes of at least 4 members (excludes halogenated alkanes) is 22. The lowest BCUT2D eigenvalue weighted by Crippen LogP contribution is -2.39. The molecule has 0 bridgehead atoms. The van der Waals surface area contributed by atoms with Gasteiger partial charge in [0.25, 0.3) is 0 Å². The largest absolute Gasteiger partial charge is 0.462 e. The van der Waals surface area contributed by atoms with Crippen LogP contribution in [0.5, 0.6) is 0 Å². The van der Waals surface area contributed by atoms with Crippen molar-refractivity contribution >= 4 is 18.0 Å². The van der Waals surface area contributed by atoms with Gasteiger partial charge in [-0.15, -0.1) is 0 Å². The zero-order valence-electron chi connectivity index (χ0n) is 36.0. The first-order chi connectivity index (χ1) is 27.0. The smallest absolute Gasteiger partial charge is 0.407 e. The van der Waals surface area contributed by atoms with Crippen molar-refractivity contribution in [3.8, 4) is 0 Å². The highest BCUT2D eigenvalue weighted by atomic mass is 16.6. The van der Waals surface area contributed by atoms with Gasteiger partial charge in [-0.25, -0.2) is 4.79 Å². The lowest BCUT2D eigenvalue weighted by molar-refractivity contribution is -0.152. The van der Waals surface area contributed by atoms with Gasteiger partial charge >= 0.3 is 18.0 Å². The summed E-state index contributed by atoms with van der Waals surface area (Å²) in [5, 5.41) is 11.9. The summed E-state index contributed by atoms with van der Waals surface area (Å²) in [6.07, 6.45) is 39.3. The topological polar surface area (TPSA) is 114 Å². The number of hydrogen-bond acceptors (Lipinski definition) is 8. The highest BCUT2D eigenvalue weighted by Gasteiger charge is 2.19. The van der Waals surface area contributed by atoms with Crippen LogP contribution in [0.3, 0.4) is 0 Å². The second kappa shape index (κ2) is 42.7. The van der Waals surface area contributed by atoms with Crippen LogP contribution in [0.2, 0.25) is 0 Å². The molecule has 0 unspecified atom stereocenters. The van der Waals surface area contributed by atoms with Crippen LogP contribution in [-0.2, 0) is 23.8 Å². The molecule has 2 N–H and O–H groups in total. The van der Waals surface area contributed by atoms with Gasteiger partial charge in [0.05, 0.1) is 6.61 Å². The minimum absolute atomic E-state index is 0.0467. The van der Waals surface area contributed by atoms with E-state index in [0.29, 0.717) is 32.5 Å². The lowest BCUT2D eigenvalue weighted by atomic mass is 10.1. The highest BCUT2D eigenvalue weighted by Crippen LogP contribution is 2.13. The number of aliphatic hydroxyl groups is 1. The monoisotopic (exact) mass is 779 g/mol. The molecule has 0 radical (unpaired) electrons. The molecule has 1 amide bonds. The average Bonchev–Trinajstić information content (AvgIpc) is 3.18. The number of rotatable bonds is 41. The first-order valence-corrected chi connectivity index (χ1v) is 22.9. The summed E-state index contributed by atoms with van der Waals surface area (Å²) in [4.78, 5) is 39.5. The standard InChI is InChI=1S/C46H86N2O7/c1-4-7-9-11-13-15-17-19-21-23-25-27-29-31-33-35-44(50)53-41-43(55-46(52)47-37-38-48(6-3)39-40-49)42-54-45(51)36-34-32-30-28-26-24-22-20-18-16-14-12-10-8-5-2/h19-22,43,49H,4-18,23-42H2,1-3H3,(H,47,52)/b21-19-,22-20-. The Kier molecular flexibility index (Phi) is 40.9. The number of aliphatic hydroxyl groups excluding tert-OH is 1. The van der Waals surface area contributed by atoms with Crippen LogP contribution in [0.15, 0.2) is 24.3 Å². The molecular formula is C46H86N2O7. The van der Waals surface area contributed by atoms with E-state index >= 15 is 0 Å². The number of likely N-dealkylation sites (N-methyl/N-ethyl adjacent to an activating group) is 1. The van der Waals surface area contributed by atoms with Crippen LogP contribution in [0.4, 0.5) is 4.79 Å². The van der Waals surface area contributed by atoms with Gasteiger partial charge in [-0.05, 0) is 70.8 Å². The fraction of sp³-hybridized carbons (Fsp3) is 0.848. The fourth-order valence-electron chi connectivity index (χ4n) is 6.39. The summed E-state index contributed by atoms with van der Waals surface area (Å²) in [5.74, 6) is -0.678. The fourth-order valence-corrected chi connectivity index (χ4v) is 6.39. The van der Waals surface area contributed by atoms with Crippen molar-refractivity contribution in [2.45, 2.75) is 207 Å². The van der Waals surface area contributed by atoms with Crippen LogP contribution in [0.25, 0.3) is 0 Å². The van der Waals surface area contributed by atoms with Crippen molar-refractivity contribution in [1.82, 2.24) is 10.2 Å². The molecule has 0 fully saturated rings. The molecule has 0 aliphatic rings. The SMILES string of the molecule is CCCCCCCC/C=C\CCCCCCCC(=O)OCC(COC(=O)CCCCCCC/C=C\CCCCCCCC)OC(=O)NCCN(CC)CCO. The predicted octanol–water partition coefficient (Wildman–Crippen LogP) is 11.6. The van der Waals surface area contributed by atoms with Crippen molar-refractivity contribution < 1.29 is 33.7 Å². The number of alkyl carbamates (subject to hydrolysis) is 1. The Bertz CT molecular complexity index is 870. The van der Waals surface area contributed by atoms with Crippen LogP contribution in [-0.4, -0.2) is 80.1 Å². The van der Waals surface area contributed by atoms with Gasteiger partial charge in [-0.3, -0.25) is 14.5 Å². The molecule has 0 heterocycles. The van der Waals surface area contributed by atoms with Gasteiger partial charge in [0, 0.05) is 32.5 Å². The number of amides is 1. The Morgan fingerprint density at radius 2 is 0.927 bits per heavy atom. The maximum Gasteiger partial charge on any atom is 0.407 e. The third kappa shape index (κ3) is 39.6. The Hall–Kier alpha value is -2.39. The Balaban J connectivity index is 4.32. The maximum absolute atomic E-state index is 12.5. The predicted molar refractivity (Wildman–Crippen MR) is 228 cm³/mol. The van der Waals surface area contributed by atoms with Crippen molar-refractivity contribution in [2.24, 2.45) is 0 Å². The molecule has 0 aromatic heterocycles. The van der Waals surface area contributed by atoms with E-state index in [9.17, 15) is 19.5 Å². The average molecular weight is 779 g/mol. The molecule has 55 heavy (non-hydrogen) atoms. The molecule has 0 aromatic rings. The number of nitrogens with zero attached hydrogens (tertiary/aromatic N) is 1. The quantitative estimate of drug-likeness (QED) is 0.0273. The third-order valence-corrected chi connectivity index (χ3v) is 9.98. The van der Waals surface area contributed by atoms with Crippen LogP contribution < -0.4 is 5.32 Å². The number of nitrogens with one attached hydrogen (secondary N) is 1. The molecule has 0 saturated heterocycles. The second-order valence-electron chi connectivity index (χ2n) is 15.1. The number of hydrogen-bond donors (Lipinski definition) is 2. The first-order valence-electron chi connectivity index (χ1n) is 22.9. The van der Waals surface area contributed by atoms with Gasteiger partial charge < -0.3 is 24.6 Å². The van der Waals surface area contributed by atoms with Crippen molar-refractivity contribution in [3.63, 3.8) is 0 Å². The molecule has 322 valence electrons. The Morgan fingerprint density at radius 3 is 1.31 bits per heavy atom.